The van der Waals surface area contributed by atoms with Crippen molar-refractivity contribution in [1.29, 1.82) is 0 Å². The molecule has 1 aliphatic carbocycles. The van der Waals surface area contributed by atoms with E-state index >= 15 is 0 Å². The van der Waals surface area contributed by atoms with Crippen molar-refractivity contribution >= 4 is 16.4 Å². The largest absolute Gasteiger partial charge is 4.00 e. The van der Waals surface area contributed by atoms with Crippen molar-refractivity contribution in [3.8, 4) is 0 Å². The van der Waals surface area contributed by atoms with Crippen LogP contribution < -0.4 is 0 Å². The molecule has 0 saturated carbocycles. The first-order valence-electron chi connectivity index (χ1n) is 3.65. The van der Waals surface area contributed by atoms with Crippen molar-refractivity contribution in [1.82, 2.24) is 0 Å². The van der Waals surface area contributed by atoms with Crippen LogP contribution in [0.2, 0.25) is 0 Å². The fourth-order valence-corrected chi connectivity index (χ4v) is 0.340. The molecular formula is C8H18F2GeN3Zr. The van der Waals surface area contributed by atoms with Gasteiger partial charge in [0.25, 0.3) is 0 Å². The van der Waals surface area contributed by atoms with Gasteiger partial charge >= 0.3 is 49.6 Å². The third-order valence-corrected chi connectivity index (χ3v) is 0.586. The Hall–Kier alpha value is 0.646. The van der Waals surface area contributed by atoms with E-state index in [0.717, 1.165) is 6.42 Å². The van der Waals surface area contributed by atoms with Crippen molar-refractivity contribution in [2.75, 3.05) is 21.1 Å². The number of hydrogen-bond donors (Lipinski definition) is 0. The molecule has 1 radical (unpaired) electrons. The van der Waals surface area contributed by atoms with Crippen molar-refractivity contribution in [3.05, 3.63) is 41.5 Å². The number of allylic oxidation sites excluding steroid dienone is 4. The molecule has 87 valence electrons. The van der Waals surface area contributed by atoms with Crippen LogP contribution in [0.25, 0.3) is 17.2 Å². The summed E-state index contributed by atoms with van der Waals surface area (Å²) in [6, 6.07) is 0. The Morgan fingerprint density at radius 3 is 1.47 bits per heavy atom. The molecule has 0 spiro atoms. The summed E-state index contributed by atoms with van der Waals surface area (Å²) in [5, 5.41) is 0. The fraction of sp³-hybridized carbons (Fsp3) is 0.500. The summed E-state index contributed by atoms with van der Waals surface area (Å²) in [7, 11) is 3.75. The van der Waals surface area contributed by atoms with Crippen LogP contribution >= 0.6 is 0 Å². The molecular weight excluding hydrogens is 340 g/mol. The van der Waals surface area contributed by atoms with Crippen molar-refractivity contribution < 1.29 is 33.2 Å². The zero-order valence-electron chi connectivity index (χ0n) is 9.27. The molecule has 0 heterocycles. The van der Waals surface area contributed by atoms with Crippen LogP contribution in [0.3, 0.4) is 0 Å². The Balaban J connectivity index is -0.0000000299. The molecule has 0 saturated heterocycles. The van der Waals surface area contributed by atoms with E-state index in [2.05, 4.69) is 12.2 Å². The minimum Gasteiger partial charge on any atom is 4.00 e. The Morgan fingerprint density at radius 2 is 1.40 bits per heavy atom. The second-order valence-corrected chi connectivity index (χ2v) is 1.43. The van der Waals surface area contributed by atoms with Gasteiger partial charge in [-0.15, -0.1) is 6.42 Å². The number of halogens is 2. The monoisotopic (exact) mass is 358 g/mol. The summed E-state index contributed by atoms with van der Waals surface area (Å²) < 4.78 is 19.6. The molecule has 0 unspecified atom stereocenters. The molecule has 1 aliphatic rings. The normalized spacial score (nSPS) is 8.27. The summed E-state index contributed by atoms with van der Waals surface area (Å²) in [5.41, 5.74) is 17.2. The molecule has 0 aliphatic heterocycles. The molecule has 0 amide bonds. The second kappa shape index (κ2) is 61.7. The zero-order valence-corrected chi connectivity index (χ0v) is 14.2. The standard InChI is InChI=1S/C5H5.3CH4N.F2GeH.Zr/c1-2-4-5-3-1;3*1-2;1-3-2;/h1-3H,4H2;3*2H,1H3;3H;/q4*-1;;+4. The van der Waals surface area contributed by atoms with Gasteiger partial charge in [0.05, 0.1) is 0 Å². The van der Waals surface area contributed by atoms with Gasteiger partial charge in [-0.3, -0.25) is 6.08 Å². The van der Waals surface area contributed by atoms with Gasteiger partial charge in [-0.25, -0.2) is 12.2 Å². The van der Waals surface area contributed by atoms with Crippen LogP contribution in [0.1, 0.15) is 6.42 Å². The number of hydrogen-bond acceptors (Lipinski definition) is 0. The summed E-state index contributed by atoms with van der Waals surface area (Å²) in [5.74, 6) is 0. The Labute approximate surface area is 118 Å². The predicted molar refractivity (Wildman–Crippen MR) is 61.7 cm³/mol. The maximum absolute atomic E-state index is 9.78. The van der Waals surface area contributed by atoms with Crippen molar-refractivity contribution in [2.45, 2.75) is 6.42 Å². The average molecular weight is 358 g/mol. The van der Waals surface area contributed by atoms with Crippen LogP contribution in [0.4, 0.5) is 7.00 Å². The van der Waals surface area contributed by atoms with Gasteiger partial charge in [-0.1, -0.05) is 0 Å². The van der Waals surface area contributed by atoms with Gasteiger partial charge in [0.15, 0.2) is 0 Å². The van der Waals surface area contributed by atoms with Crippen LogP contribution in [0.5, 0.6) is 0 Å². The Bertz CT molecular complexity index is 95.9. The van der Waals surface area contributed by atoms with Crippen LogP contribution in [0.15, 0.2) is 18.2 Å². The Kier molecular flexibility index (Phi) is 122. The van der Waals surface area contributed by atoms with Crippen LogP contribution in [0, 0.1) is 6.08 Å². The average Bonchev–Trinajstić information content (AvgIpc) is 2.85. The summed E-state index contributed by atoms with van der Waals surface area (Å²) in [4.78, 5) is 0. The van der Waals surface area contributed by atoms with Gasteiger partial charge in [-0.05, 0) is 0 Å². The number of nitrogens with one attached hydrogen (secondary N) is 3. The third-order valence-electron chi connectivity index (χ3n) is 0.586. The molecule has 0 atom stereocenters. The topological polar surface area (TPSA) is 71.4 Å². The van der Waals surface area contributed by atoms with E-state index in [1.54, 1.807) is 0 Å². The molecule has 3 N–H and O–H groups in total. The van der Waals surface area contributed by atoms with Gasteiger partial charge in [0.1, 0.15) is 0 Å². The maximum atomic E-state index is 9.78. The van der Waals surface area contributed by atoms with E-state index in [0.29, 0.717) is 0 Å². The van der Waals surface area contributed by atoms with E-state index in [1.165, 1.54) is 21.1 Å². The predicted octanol–water partition coefficient (Wildman–Crippen LogP) is 3.50. The quantitative estimate of drug-likeness (QED) is 0.470. The molecule has 3 nitrogen and oxygen atoms in total. The fourth-order valence-electron chi connectivity index (χ4n) is 0.340. The van der Waals surface area contributed by atoms with Crippen LogP contribution in [-0.4, -0.2) is 37.5 Å². The van der Waals surface area contributed by atoms with Crippen molar-refractivity contribution in [3.63, 3.8) is 0 Å². The van der Waals surface area contributed by atoms with Crippen molar-refractivity contribution in [2.24, 2.45) is 0 Å². The molecule has 0 aromatic heterocycles. The SMILES string of the molecule is C[NH-].C[NH-].C[NH-].[C-]1=CC=CC1.[F][GeH][F].[Zr+4]. The molecule has 0 aromatic carbocycles. The summed E-state index contributed by atoms with van der Waals surface area (Å²) in [6.07, 6.45) is 10.0. The van der Waals surface area contributed by atoms with Gasteiger partial charge in [0, 0.05) is 0 Å². The molecule has 0 fully saturated rings. The molecule has 0 aromatic rings. The second-order valence-electron chi connectivity index (χ2n) is 1.09. The summed E-state index contributed by atoms with van der Waals surface area (Å²) >= 11 is -2.69. The Morgan fingerprint density at radius 1 is 1.07 bits per heavy atom. The van der Waals surface area contributed by atoms with Gasteiger partial charge in [0.2, 0.25) is 0 Å². The molecule has 7 heteroatoms. The third kappa shape index (κ3) is 73.5. The maximum Gasteiger partial charge on any atom is 4.00 e. The van der Waals surface area contributed by atoms with E-state index in [1.807, 2.05) is 12.2 Å². The van der Waals surface area contributed by atoms with E-state index in [9.17, 15) is 7.00 Å². The van der Waals surface area contributed by atoms with E-state index < -0.39 is 16.4 Å². The molecule has 0 bridgehead atoms. The zero-order chi connectivity index (χ0) is 12.2. The van der Waals surface area contributed by atoms with E-state index in [-0.39, 0.29) is 26.2 Å². The van der Waals surface area contributed by atoms with Crippen LogP contribution in [-0.2, 0) is 26.2 Å². The smallest absolute Gasteiger partial charge is 4.00 e. The minimum atomic E-state index is -2.69. The first-order valence-corrected chi connectivity index (χ1v) is 5.48. The summed E-state index contributed by atoms with van der Waals surface area (Å²) in [6.45, 7) is 0. The number of rotatable bonds is 0. The van der Waals surface area contributed by atoms with Gasteiger partial charge in [-0.2, -0.15) is 27.2 Å². The minimum absolute atomic E-state index is 0. The first-order chi connectivity index (χ1) is 6.91. The molecule has 15 heavy (non-hydrogen) atoms. The van der Waals surface area contributed by atoms with Gasteiger partial charge < -0.3 is 17.2 Å². The molecule has 1 rings (SSSR count). The first kappa shape index (κ1) is 29.6. The van der Waals surface area contributed by atoms with E-state index in [4.69, 9.17) is 17.2 Å².